The maximum Gasteiger partial charge on any atom is 0.338 e. The van der Waals surface area contributed by atoms with Crippen LogP contribution in [0.1, 0.15) is 23.2 Å². The molecule has 1 fully saturated rings. The van der Waals surface area contributed by atoms with Crippen LogP contribution in [0.4, 0.5) is 4.39 Å². The van der Waals surface area contributed by atoms with Gasteiger partial charge in [0.2, 0.25) is 0 Å². The number of aliphatic hydroxyl groups excluding tert-OH is 1. The summed E-state index contributed by atoms with van der Waals surface area (Å²) in [7, 11) is 0. The van der Waals surface area contributed by atoms with Crippen LogP contribution in [-0.4, -0.2) is 36.2 Å². The second-order valence-corrected chi connectivity index (χ2v) is 4.17. The molecule has 1 aromatic carbocycles. The van der Waals surface area contributed by atoms with E-state index in [1.165, 1.54) is 0 Å². The van der Waals surface area contributed by atoms with E-state index >= 15 is 0 Å². The molecule has 18 heavy (non-hydrogen) atoms. The van der Waals surface area contributed by atoms with Gasteiger partial charge in [-0.05, 0) is 18.6 Å². The van der Waals surface area contributed by atoms with Crippen LogP contribution in [0.5, 0.6) is 0 Å². The maximum absolute atomic E-state index is 12.7. The largest absolute Gasteiger partial charge is 0.456 e. The molecule has 0 bridgehead atoms. The molecule has 1 saturated heterocycles. The minimum Gasteiger partial charge on any atom is -0.456 e. The van der Waals surface area contributed by atoms with Crippen molar-refractivity contribution >= 4 is 5.97 Å². The number of rotatable bonds is 3. The lowest BCUT2D eigenvalue weighted by atomic mass is 10.1. The number of hydrogen-bond donors (Lipinski definition) is 1. The molecule has 0 radical (unpaired) electrons. The molecule has 1 heterocycles. The molecule has 0 spiro atoms. The number of carbonyl (C=O) groups excluding carboxylic acids is 1. The Morgan fingerprint density at radius 2 is 2.11 bits per heavy atom. The van der Waals surface area contributed by atoms with Gasteiger partial charge in [-0.25, -0.2) is 9.18 Å². The molecule has 98 valence electrons. The van der Waals surface area contributed by atoms with E-state index in [0.717, 1.165) is 0 Å². The number of halogens is 1. The third-order valence-corrected chi connectivity index (χ3v) is 2.86. The fourth-order valence-corrected chi connectivity index (χ4v) is 1.90. The number of aliphatic hydroxyl groups is 1. The molecule has 0 aromatic heterocycles. The van der Waals surface area contributed by atoms with E-state index in [4.69, 9.17) is 9.47 Å². The molecule has 1 aliphatic rings. The maximum atomic E-state index is 12.7. The van der Waals surface area contributed by atoms with Crippen molar-refractivity contribution in [2.45, 2.75) is 31.3 Å². The second-order valence-electron chi connectivity index (χ2n) is 4.17. The van der Waals surface area contributed by atoms with Crippen LogP contribution in [0.25, 0.3) is 0 Å². The van der Waals surface area contributed by atoms with Crippen LogP contribution in [0.3, 0.4) is 0 Å². The van der Waals surface area contributed by atoms with Crippen molar-refractivity contribution in [1.29, 1.82) is 0 Å². The molecule has 0 saturated carbocycles. The molecule has 1 aliphatic heterocycles. The van der Waals surface area contributed by atoms with Gasteiger partial charge in [0, 0.05) is 6.42 Å². The van der Waals surface area contributed by atoms with E-state index in [0.29, 0.717) is 18.4 Å². The Morgan fingerprint density at radius 1 is 1.39 bits per heavy atom. The fraction of sp³-hybridized carbons (Fsp3) is 0.462. The number of alkyl halides is 1. The van der Waals surface area contributed by atoms with Crippen LogP contribution < -0.4 is 0 Å². The van der Waals surface area contributed by atoms with Crippen LogP contribution in [0, 0.1) is 0 Å². The molecule has 1 aromatic rings. The minimum absolute atomic E-state index is 0.337. The van der Waals surface area contributed by atoms with E-state index in [-0.39, 0.29) is 0 Å². The summed E-state index contributed by atoms with van der Waals surface area (Å²) in [5, 5.41) is 9.25. The number of ether oxygens (including phenoxy) is 2. The molecule has 2 rings (SSSR count). The number of carbonyl (C=O) groups is 1. The fourth-order valence-electron chi connectivity index (χ4n) is 1.90. The van der Waals surface area contributed by atoms with E-state index in [2.05, 4.69) is 0 Å². The Balaban J connectivity index is 1.98. The Bertz CT molecular complexity index is 395. The number of benzene rings is 1. The molecule has 5 heteroatoms. The summed E-state index contributed by atoms with van der Waals surface area (Å²) in [5.74, 6) is -0.501. The van der Waals surface area contributed by atoms with Crippen molar-refractivity contribution in [1.82, 2.24) is 0 Å². The number of hydrogen-bond acceptors (Lipinski definition) is 4. The lowest BCUT2D eigenvalue weighted by Gasteiger charge is -2.32. The summed E-state index contributed by atoms with van der Waals surface area (Å²) in [6.07, 6.45) is -1.78. The number of esters is 1. The molecule has 0 unspecified atom stereocenters. The first-order valence-corrected chi connectivity index (χ1v) is 5.86. The quantitative estimate of drug-likeness (QED) is 0.834. The van der Waals surface area contributed by atoms with Gasteiger partial charge < -0.3 is 14.6 Å². The zero-order valence-corrected chi connectivity index (χ0v) is 9.79. The van der Waals surface area contributed by atoms with Crippen molar-refractivity contribution in [3.05, 3.63) is 35.9 Å². The molecular weight excluding hydrogens is 239 g/mol. The van der Waals surface area contributed by atoms with E-state index in [1.807, 2.05) is 0 Å². The summed E-state index contributed by atoms with van der Waals surface area (Å²) in [6, 6.07) is 8.51. The third kappa shape index (κ3) is 3.05. The van der Waals surface area contributed by atoms with Crippen LogP contribution in [0.15, 0.2) is 30.3 Å². The van der Waals surface area contributed by atoms with Gasteiger partial charge in [-0.2, -0.15) is 0 Å². The zero-order valence-electron chi connectivity index (χ0n) is 9.79. The van der Waals surface area contributed by atoms with Crippen molar-refractivity contribution in [2.75, 3.05) is 6.67 Å². The van der Waals surface area contributed by atoms with Gasteiger partial charge in [-0.1, -0.05) is 18.2 Å². The van der Waals surface area contributed by atoms with Crippen LogP contribution >= 0.6 is 0 Å². The Kier molecular flexibility index (Phi) is 4.28. The lowest BCUT2D eigenvalue weighted by molar-refractivity contribution is -0.202. The molecule has 0 aliphatic carbocycles. The first-order valence-electron chi connectivity index (χ1n) is 5.86. The van der Waals surface area contributed by atoms with Gasteiger partial charge in [-0.3, -0.25) is 0 Å². The van der Waals surface area contributed by atoms with Crippen molar-refractivity contribution in [2.24, 2.45) is 0 Å². The highest BCUT2D eigenvalue weighted by Gasteiger charge is 2.33. The van der Waals surface area contributed by atoms with E-state index < -0.39 is 31.1 Å². The van der Waals surface area contributed by atoms with Gasteiger partial charge in [0.25, 0.3) is 0 Å². The highest BCUT2D eigenvalue weighted by molar-refractivity contribution is 5.89. The van der Waals surface area contributed by atoms with Crippen LogP contribution in [-0.2, 0) is 9.47 Å². The average Bonchev–Trinajstić information content (AvgIpc) is 2.41. The SMILES string of the molecule is O=C(O[C@@H]1CC[C@@H](O)O[C@H]1CF)c1ccccc1. The highest BCUT2D eigenvalue weighted by atomic mass is 19.1. The highest BCUT2D eigenvalue weighted by Crippen LogP contribution is 2.22. The summed E-state index contributed by atoms with van der Waals surface area (Å²) < 4.78 is 22.9. The standard InChI is InChI=1S/C13H15FO4/c14-8-11-10(6-7-12(15)17-11)18-13(16)9-4-2-1-3-5-9/h1-5,10-12,15H,6-8H2/t10-,11+,12+/m1/s1. The first-order chi connectivity index (χ1) is 8.70. The molecular formula is C13H15FO4. The Morgan fingerprint density at radius 3 is 2.78 bits per heavy atom. The normalized spacial score (nSPS) is 27.8. The van der Waals surface area contributed by atoms with Gasteiger partial charge in [0.15, 0.2) is 6.29 Å². The van der Waals surface area contributed by atoms with Gasteiger partial charge in [0.1, 0.15) is 18.9 Å². The zero-order chi connectivity index (χ0) is 13.0. The van der Waals surface area contributed by atoms with Gasteiger partial charge in [0.05, 0.1) is 5.56 Å². The van der Waals surface area contributed by atoms with E-state index in [1.54, 1.807) is 30.3 Å². The van der Waals surface area contributed by atoms with Crippen LogP contribution in [0.2, 0.25) is 0 Å². The molecule has 0 amide bonds. The van der Waals surface area contributed by atoms with Gasteiger partial charge in [-0.15, -0.1) is 0 Å². The molecule has 1 N–H and O–H groups in total. The Hall–Kier alpha value is -1.46. The monoisotopic (exact) mass is 254 g/mol. The van der Waals surface area contributed by atoms with E-state index in [9.17, 15) is 14.3 Å². The first kappa shape index (κ1) is 13.0. The summed E-state index contributed by atoms with van der Waals surface area (Å²) in [4.78, 5) is 11.8. The minimum atomic E-state index is -0.975. The van der Waals surface area contributed by atoms with Crippen molar-refractivity contribution in [3.8, 4) is 0 Å². The van der Waals surface area contributed by atoms with Gasteiger partial charge >= 0.3 is 5.97 Å². The predicted molar refractivity (Wildman–Crippen MR) is 61.7 cm³/mol. The summed E-state index contributed by atoms with van der Waals surface area (Å²) in [5.41, 5.74) is 0.418. The third-order valence-electron chi connectivity index (χ3n) is 2.86. The second kappa shape index (κ2) is 5.93. The van der Waals surface area contributed by atoms with Crippen molar-refractivity contribution in [3.63, 3.8) is 0 Å². The molecule has 4 nitrogen and oxygen atoms in total. The topological polar surface area (TPSA) is 55.8 Å². The lowest BCUT2D eigenvalue weighted by Crippen LogP contribution is -2.42. The molecule has 3 atom stereocenters. The summed E-state index contributed by atoms with van der Waals surface area (Å²) in [6.45, 7) is -0.788. The predicted octanol–water partition coefficient (Wildman–Crippen LogP) is 1.68. The Labute approximate surface area is 104 Å². The summed E-state index contributed by atoms with van der Waals surface area (Å²) >= 11 is 0. The van der Waals surface area contributed by atoms with Crippen molar-refractivity contribution < 1.29 is 23.8 Å². The smallest absolute Gasteiger partial charge is 0.338 e. The average molecular weight is 254 g/mol.